The highest BCUT2D eigenvalue weighted by Gasteiger charge is 2.53. The molecule has 3 atom stereocenters. The predicted octanol–water partition coefficient (Wildman–Crippen LogP) is 5.64. The molecule has 0 aliphatic carbocycles. The first-order valence-corrected chi connectivity index (χ1v) is 21.6. The molecule has 0 radical (unpaired) electrons. The maximum atomic E-state index is 13.4. The molecule has 3 aromatic rings. The van der Waals surface area contributed by atoms with E-state index in [1.807, 2.05) is 23.9 Å². The zero-order valence-electron chi connectivity index (χ0n) is 32.2. The van der Waals surface area contributed by atoms with Crippen molar-refractivity contribution in [2.24, 2.45) is 0 Å². The molecule has 58 heavy (non-hydrogen) atoms. The lowest BCUT2D eigenvalue weighted by Crippen LogP contribution is -2.36. The summed E-state index contributed by atoms with van der Waals surface area (Å²) in [5, 5.41) is 39.4. The fourth-order valence-corrected chi connectivity index (χ4v) is 9.84. The van der Waals surface area contributed by atoms with Gasteiger partial charge in [0.15, 0.2) is 10.7 Å². The monoisotopic (exact) mass is 830 g/mol. The summed E-state index contributed by atoms with van der Waals surface area (Å²) in [4.78, 5) is 49.4. The molecule has 2 saturated heterocycles. The average Bonchev–Trinajstić information content (AvgIpc) is 3.84. The summed E-state index contributed by atoms with van der Waals surface area (Å²) < 4.78 is 12.2. The molecule has 0 bridgehead atoms. The first-order chi connectivity index (χ1) is 28.1. The van der Waals surface area contributed by atoms with Crippen molar-refractivity contribution in [1.82, 2.24) is 26.6 Å². The predicted molar refractivity (Wildman–Crippen MR) is 225 cm³/mol. The van der Waals surface area contributed by atoms with Gasteiger partial charge in [-0.2, -0.15) is 11.8 Å². The minimum Gasteiger partial charge on any atom is -0.508 e. The summed E-state index contributed by atoms with van der Waals surface area (Å²) >= 11 is 7.41. The fraction of sp³-hybridized carbons (Fsp3) is 0.452. The molecular weight excluding hydrogens is 781 g/mol. The average molecular weight is 831 g/mol. The van der Waals surface area contributed by atoms with Crippen molar-refractivity contribution in [1.29, 1.82) is 0 Å². The Bertz CT molecular complexity index is 2000. The molecule has 1 spiro atoms. The van der Waals surface area contributed by atoms with Crippen LogP contribution in [-0.2, 0) is 19.9 Å². The number of carbonyl (C=O) groups is 4. The van der Waals surface area contributed by atoms with E-state index in [9.17, 15) is 29.4 Å². The van der Waals surface area contributed by atoms with Gasteiger partial charge in [0.25, 0.3) is 0 Å². The number of rotatable bonds is 18. The SMILES string of the molecule is O=C(CCCCCNC(=O)CCCCC1SCC2NC(=O)NC21)NCCCCCNC(=S)Nc1ccc2c(c1)C(=O)OC21c2ccc(O)cc2Oc2cc(O)ccc21. The Balaban J connectivity index is 0.734. The standard InChI is InChI=1S/C42H50N6O8S2/c49-26-13-16-30-33(22-26)55-34-23-27(50)14-17-31(34)42(30)29-15-12-25(21-28(29)39(53)56-42)46-41(57)45-20-8-2-7-19-44-36(51)10-3-1-6-18-43-37(52)11-5-4-9-35-38-32(24-58-35)47-40(54)48-38/h12-17,21-23,32,35,38,49-50H,1-11,18-20,24H2,(H,43,52)(H,44,51)(H2,45,46,57)(H2,47,48,54). The molecule has 3 unspecified atom stereocenters. The Morgan fingerprint density at radius 2 is 1.36 bits per heavy atom. The van der Waals surface area contributed by atoms with Gasteiger partial charge in [0.05, 0.1) is 17.6 Å². The number of thioether (sulfide) groups is 1. The van der Waals surface area contributed by atoms with Gasteiger partial charge >= 0.3 is 12.0 Å². The van der Waals surface area contributed by atoms with Crippen LogP contribution in [0.25, 0.3) is 0 Å². The van der Waals surface area contributed by atoms with Crippen molar-refractivity contribution >= 4 is 58.6 Å². The third kappa shape index (κ3) is 9.39. The first-order valence-electron chi connectivity index (χ1n) is 20.1. The number of ether oxygens (including phenoxy) is 2. The summed E-state index contributed by atoms with van der Waals surface area (Å²) in [6.07, 6.45) is 8.90. The van der Waals surface area contributed by atoms with E-state index in [-0.39, 0.29) is 41.4 Å². The van der Waals surface area contributed by atoms with Gasteiger partial charge < -0.3 is 51.6 Å². The van der Waals surface area contributed by atoms with Crippen LogP contribution < -0.4 is 36.6 Å². The fourth-order valence-electron chi connectivity index (χ4n) is 8.08. The number of amides is 4. The normalized spacial score (nSPS) is 19.1. The highest BCUT2D eigenvalue weighted by molar-refractivity contribution is 8.00. The van der Waals surface area contributed by atoms with E-state index in [1.54, 1.807) is 18.2 Å². The third-order valence-corrected chi connectivity index (χ3v) is 12.7. The van der Waals surface area contributed by atoms with Gasteiger partial charge in [-0.3, -0.25) is 9.59 Å². The second-order valence-electron chi connectivity index (χ2n) is 15.1. The third-order valence-electron chi connectivity index (χ3n) is 11.0. The van der Waals surface area contributed by atoms with E-state index >= 15 is 0 Å². The van der Waals surface area contributed by atoms with Gasteiger partial charge in [-0.25, -0.2) is 9.59 Å². The van der Waals surface area contributed by atoms with Gasteiger partial charge in [0.1, 0.15) is 23.0 Å². The molecule has 2 fully saturated rings. The molecule has 3 aromatic carbocycles. The Morgan fingerprint density at radius 3 is 2.03 bits per heavy atom. The number of hydrogen-bond acceptors (Lipinski definition) is 10. The largest absolute Gasteiger partial charge is 0.508 e. The van der Waals surface area contributed by atoms with Crippen molar-refractivity contribution in [3.63, 3.8) is 0 Å². The van der Waals surface area contributed by atoms with Crippen LogP contribution in [0.1, 0.15) is 97.7 Å². The zero-order chi connectivity index (χ0) is 40.6. The maximum Gasteiger partial charge on any atom is 0.340 e. The summed E-state index contributed by atoms with van der Waals surface area (Å²) in [6, 6.07) is 15.0. The first kappa shape index (κ1) is 41.0. The molecule has 308 valence electrons. The lowest BCUT2D eigenvalue weighted by molar-refractivity contribution is -0.122. The van der Waals surface area contributed by atoms with Gasteiger partial charge in [-0.15, -0.1) is 0 Å². The number of hydrogen-bond donors (Lipinski definition) is 8. The summed E-state index contributed by atoms with van der Waals surface area (Å²) in [6.45, 7) is 1.87. The number of fused-ring (bicyclic) bond motifs is 7. The van der Waals surface area contributed by atoms with E-state index in [1.165, 1.54) is 24.3 Å². The Labute approximate surface area is 347 Å². The highest BCUT2D eigenvalue weighted by Crippen LogP contribution is 2.57. The summed E-state index contributed by atoms with van der Waals surface area (Å²) in [5.41, 5.74) is 1.35. The van der Waals surface area contributed by atoms with Gasteiger partial charge in [0.2, 0.25) is 11.8 Å². The lowest BCUT2D eigenvalue weighted by atomic mass is 9.77. The zero-order valence-corrected chi connectivity index (χ0v) is 33.8. The molecule has 0 saturated carbocycles. The van der Waals surface area contributed by atoms with Gasteiger partial charge in [-0.1, -0.05) is 18.9 Å². The Kier molecular flexibility index (Phi) is 13.1. The van der Waals surface area contributed by atoms with E-state index in [4.69, 9.17) is 21.7 Å². The van der Waals surface area contributed by atoms with Crippen molar-refractivity contribution in [3.8, 4) is 23.0 Å². The summed E-state index contributed by atoms with van der Waals surface area (Å²) in [5.74, 6) is 1.15. The summed E-state index contributed by atoms with van der Waals surface area (Å²) in [7, 11) is 0. The molecule has 4 aliphatic rings. The van der Waals surface area contributed by atoms with Crippen LogP contribution in [0.3, 0.4) is 0 Å². The highest BCUT2D eigenvalue weighted by atomic mass is 32.2. The quantitative estimate of drug-likeness (QED) is 0.0340. The number of phenolic OH excluding ortho intramolecular Hbond substituents is 2. The molecule has 0 aromatic heterocycles. The van der Waals surface area contributed by atoms with Crippen LogP contribution in [0.5, 0.6) is 23.0 Å². The van der Waals surface area contributed by atoms with Crippen LogP contribution in [0.15, 0.2) is 54.6 Å². The van der Waals surface area contributed by atoms with E-state index < -0.39 is 11.6 Å². The van der Waals surface area contributed by atoms with Crippen LogP contribution in [0.4, 0.5) is 10.5 Å². The van der Waals surface area contributed by atoms with E-state index in [0.29, 0.717) is 82.3 Å². The van der Waals surface area contributed by atoms with Gasteiger partial charge in [0, 0.05) is 78.0 Å². The van der Waals surface area contributed by atoms with Crippen LogP contribution in [0.2, 0.25) is 0 Å². The van der Waals surface area contributed by atoms with Crippen molar-refractivity contribution in [2.45, 2.75) is 93.6 Å². The number of unbranched alkanes of at least 4 members (excludes halogenated alkanes) is 5. The molecular formula is C42H50N6O8S2. The second kappa shape index (κ2) is 18.6. The Morgan fingerprint density at radius 1 is 0.759 bits per heavy atom. The minimum absolute atomic E-state index is 0.00981. The van der Waals surface area contributed by atoms with Crippen molar-refractivity contribution in [3.05, 3.63) is 76.9 Å². The van der Waals surface area contributed by atoms with Crippen LogP contribution in [-0.4, -0.2) is 81.9 Å². The van der Waals surface area contributed by atoms with E-state index in [2.05, 4.69) is 31.9 Å². The number of aromatic hydroxyl groups is 2. The van der Waals surface area contributed by atoms with Crippen LogP contribution >= 0.6 is 24.0 Å². The van der Waals surface area contributed by atoms with Crippen molar-refractivity contribution in [2.75, 3.05) is 30.7 Å². The number of esters is 1. The van der Waals surface area contributed by atoms with Gasteiger partial charge in [-0.05, 0) is 93.6 Å². The number of thiocarbonyl (C=S) groups is 1. The van der Waals surface area contributed by atoms with Crippen LogP contribution in [0, 0.1) is 0 Å². The number of phenols is 2. The Hall–Kier alpha value is -5.22. The van der Waals surface area contributed by atoms with Crippen molar-refractivity contribution < 1.29 is 38.9 Å². The molecule has 16 heteroatoms. The second-order valence-corrected chi connectivity index (χ2v) is 16.8. The maximum absolute atomic E-state index is 13.4. The number of nitrogens with one attached hydrogen (secondary N) is 6. The molecule has 7 rings (SSSR count). The topological polar surface area (TPSA) is 199 Å². The van der Waals surface area contributed by atoms with E-state index in [0.717, 1.165) is 63.5 Å². The number of anilines is 1. The molecule has 8 N–H and O–H groups in total. The number of urea groups is 1. The molecule has 14 nitrogen and oxygen atoms in total. The lowest BCUT2D eigenvalue weighted by Gasteiger charge is -2.36. The number of benzene rings is 3. The minimum atomic E-state index is -1.33. The molecule has 4 amide bonds. The smallest absolute Gasteiger partial charge is 0.340 e. The molecule has 4 aliphatic heterocycles. The number of carbonyl (C=O) groups excluding carboxylic acids is 4. The molecule has 4 heterocycles.